The second-order valence-electron chi connectivity index (χ2n) is 7.99. The van der Waals surface area contributed by atoms with E-state index in [1.807, 2.05) is 0 Å². The molecule has 32 heavy (non-hydrogen) atoms. The number of aliphatic hydroxyl groups excluding tert-OH is 1. The van der Waals surface area contributed by atoms with Crippen molar-refractivity contribution in [2.45, 2.75) is 38.0 Å². The molecule has 4 atom stereocenters. The number of hydrogen-bond donors (Lipinski definition) is 4. The van der Waals surface area contributed by atoms with Gasteiger partial charge >= 0.3 is 5.97 Å². The Hall–Kier alpha value is -2.94. The number of fused-ring (bicyclic) bond motifs is 2. The SMILES string of the molecule is CCOC(=O)c1ccc(NC(=O)[C@H]2C[C@H]([C@@H](C)O)N[C@]23C(=O)Nc2c(Cl)cccc23)cc1. The minimum Gasteiger partial charge on any atom is -0.462 e. The molecule has 1 spiro atoms. The van der Waals surface area contributed by atoms with Crippen LogP contribution in [0.3, 0.4) is 0 Å². The van der Waals surface area contributed by atoms with Crippen molar-refractivity contribution < 1.29 is 24.2 Å². The van der Waals surface area contributed by atoms with Gasteiger partial charge in [-0.05, 0) is 50.6 Å². The van der Waals surface area contributed by atoms with Gasteiger partial charge < -0.3 is 20.5 Å². The molecule has 1 fully saturated rings. The number of anilines is 2. The molecular weight excluding hydrogens is 434 g/mol. The Morgan fingerprint density at radius 2 is 2.00 bits per heavy atom. The van der Waals surface area contributed by atoms with Gasteiger partial charge in [0.1, 0.15) is 5.54 Å². The number of carbonyl (C=O) groups is 3. The zero-order valence-electron chi connectivity index (χ0n) is 17.6. The topological polar surface area (TPSA) is 117 Å². The maximum Gasteiger partial charge on any atom is 0.338 e. The normalized spacial score (nSPS) is 24.7. The predicted molar refractivity (Wildman–Crippen MR) is 119 cm³/mol. The number of halogens is 1. The maximum absolute atomic E-state index is 13.4. The zero-order valence-corrected chi connectivity index (χ0v) is 18.4. The molecule has 4 N–H and O–H groups in total. The number of esters is 1. The summed E-state index contributed by atoms with van der Waals surface area (Å²) in [6.45, 7) is 3.61. The highest BCUT2D eigenvalue weighted by atomic mass is 35.5. The molecule has 2 aliphatic heterocycles. The van der Waals surface area contributed by atoms with Crippen LogP contribution >= 0.6 is 11.6 Å². The summed E-state index contributed by atoms with van der Waals surface area (Å²) < 4.78 is 4.97. The molecule has 0 saturated carbocycles. The monoisotopic (exact) mass is 457 g/mol. The van der Waals surface area contributed by atoms with E-state index in [4.69, 9.17) is 16.3 Å². The van der Waals surface area contributed by atoms with Crippen LogP contribution in [0.5, 0.6) is 0 Å². The van der Waals surface area contributed by atoms with Crippen molar-refractivity contribution in [3.8, 4) is 0 Å². The number of nitrogens with one attached hydrogen (secondary N) is 3. The van der Waals surface area contributed by atoms with Gasteiger partial charge in [0.25, 0.3) is 0 Å². The minimum absolute atomic E-state index is 0.254. The number of ether oxygens (including phenoxy) is 1. The van der Waals surface area contributed by atoms with E-state index in [2.05, 4.69) is 16.0 Å². The van der Waals surface area contributed by atoms with E-state index in [1.165, 1.54) is 0 Å². The molecule has 0 radical (unpaired) electrons. The molecule has 0 unspecified atom stereocenters. The summed E-state index contributed by atoms with van der Waals surface area (Å²) in [5.74, 6) is -2.01. The second-order valence-corrected chi connectivity index (χ2v) is 8.40. The van der Waals surface area contributed by atoms with Gasteiger partial charge in [0.05, 0.1) is 34.9 Å². The van der Waals surface area contributed by atoms with Gasteiger partial charge in [-0.2, -0.15) is 0 Å². The van der Waals surface area contributed by atoms with Gasteiger partial charge in [-0.25, -0.2) is 4.79 Å². The summed E-state index contributed by atoms with van der Waals surface area (Å²) in [5, 5.41) is 19.4. The molecule has 1 saturated heterocycles. The van der Waals surface area contributed by atoms with E-state index in [-0.39, 0.29) is 24.8 Å². The lowest BCUT2D eigenvalue weighted by molar-refractivity contribution is -0.130. The van der Waals surface area contributed by atoms with Crippen molar-refractivity contribution in [1.29, 1.82) is 0 Å². The summed E-state index contributed by atoms with van der Waals surface area (Å²) in [6, 6.07) is 11.0. The van der Waals surface area contributed by atoms with Crippen LogP contribution in [-0.4, -0.2) is 41.6 Å². The van der Waals surface area contributed by atoms with Crippen molar-refractivity contribution in [2.75, 3.05) is 17.2 Å². The quantitative estimate of drug-likeness (QED) is 0.513. The molecule has 8 nitrogen and oxygen atoms in total. The molecule has 4 rings (SSSR count). The highest BCUT2D eigenvalue weighted by Crippen LogP contribution is 2.49. The lowest BCUT2D eigenvalue weighted by atomic mass is 9.79. The average molecular weight is 458 g/mol. The van der Waals surface area contributed by atoms with Gasteiger partial charge in [0.2, 0.25) is 11.8 Å². The van der Waals surface area contributed by atoms with Gasteiger partial charge in [-0.3, -0.25) is 14.9 Å². The molecule has 0 bridgehead atoms. The molecule has 9 heteroatoms. The minimum atomic E-state index is -1.35. The third kappa shape index (κ3) is 3.64. The van der Waals surface area contributed by atoms with Gasteiger partial charge in [-0.1, -0.05) is 23.7 Å². The van der Waals surface area contributed by atoms with Crippen LogP contribution in [0.15, 0.2) is 42.5 Å². The molecule has 2 amide bonds. The largest absolute Gasteiger partial charge is 0.462 e. The number of benzene rings is 2. The number of amides is 2. The summed E-state index contributed by atoms with van der Waals surface area (Å²) >= 11 is 6.29. The molecule has 2 aromatic rings. The summed E-state index contributed by atoms with van der Waals surface area (Å²) in [4.78, 5) is 38.4. The first-order valence-corrected chi connectivity index (χ1v) is 10.8. The van der Waals surface area contributed by atoms with Crippen LogP contribution in [0.25, 0.3) is 0 Å². The first kappa shape index (κ1) is 22.3. The molecule has 2 aliphatic rings. The maximum atomic E-state index is 13.4. The zero-order chi connectivity index (χ0) is 23.0. The van der Waals surface area contributed by atoms with Gasteiger partial charge in [0, 0.05) is 17.3 Å². The fourth-order valence-electron chi connectivity index (χ4n) is 4.44. The third-order valence-electron chi connectivity index (χ3n) is 6.02. The molecule has 0 aliphatic carbocycles. The third-order valence-corrected chi connectivity index (χ3v) is 6.34. The van der Waals surface area contributed by atoms with E-state index >= 15 is 0 Å². The first-order valence-electron chi connectivity index (χ1n) is 10.4. The van der Waals surface area contributed by atoms with Crippen molar-refractivity contribution in [2.24, 2.45) is 5.92 Å². The van der Waals surface area contributed by atoms with Crippen LogP contribution < -0.4 is 16.0 Å². The van der Waals surface area contributed by atoms with Crippen LogP contribution in [-0.2, 0) is 19.9 Å². The van der Waals surface area contributed by atoms with E-state index < -0.39 is 29.6 Å². The molecular formula is C23H24ClN3O5. The summed E-state index contributed by atoms with van der Waals surface area (Å²) in [7, 11) is 0. The summed E-state index contributed by atoms with van der Waals surface area (Å²) in [5.41, 5.74) is 0.544. The number of rotatable bonds is 5. The molecule has 0 aromatic heterocycles. The number of aliphatic hydroxyl groups is 1. The van der Waals surface area contributed by atoms with E-state index in [0.29, 0.717) is 27.5 Å². The molecule has 168 valence electrons. The first-order chi connectivity index (χ1) is 15.3. The van der Waals surface area contributed by atoms with Crippen molar-refractivity contribution in [1.82, 2.24) is 5.32 Å². The standard InChI is InChI=1S/C23H24ClN3O5/c1-3-32-21(30)13-7-9-14(10-8-13)25-20(29)16-11-18(12(2)28)27-23(16)15-5-4-6-17(24)19(15)26-22(23)31/h4-10,12,16,18,27-28H,3,11H2,1-2H3,(H,25,29)(H,26,31)/t12-,16-,18-,23+/m1/s1. The fraction of sp³-hybridized carbons (Fsp3) is 0.348. The Morgan fingerprint density at radius 3 is 2.66 bits per heavy atom. The average Bonchev–Trinajstić information content (AvgIpc) is 3.30. The second kappa shape index (κ2) is 8.54. The highest BCUT2D eigenvalue weighted by Gasteiger charge is 2.61. The Labute approximate surface area is 190 Å². The van der Waals surface area contributed by atoms with E-state index in [9.17, 15) is 19.5 Å². The smallest absolute Gasteiger partial charge is 0.338 e. The van der Waals surface area contributed by atoms with Crippen LogP contribution in [0.2, 0.25) is 5.02 Å². The van der Waals surface area contributed by atoms with E-state index in [1.54, 1.807) is 56.3 Å². The molecule has 2 heterocycles. The Bertz CT molecular complexity index is 1070. The lowest BCUT2D eigenvalue weighted by Gasteiger charge is -2.29. The highest BCUT2D eigenvalue weighted by molar-refractivity contribution is 6.35. The van der Waals surface area contributed by atoms with Crippen LogP contribution in [0, 0.1) is 5.92 Å². The van der Waals surface area contributed by atoms with Crippen LogP contribution in [0.4, 0.5) is 11.4 Å². The number of carbonyl (C=O) groups excluding carboxylic acids is 3. The van der Waals surface area contributed by atoms with Gasteiger partial charge in [-0.15, -0.1) is 0 Å². The Kier molecular flexibility index (Phi) is 5.94. The Morgan fingerprint density at radius 1 is 1.28 bits per heavy atom. The van der Waals surface area contributed by atoms with Crippen LogP contribution in [0.1, 0.15) is 36.2 Å². The number of hydrogen-bond acceptors (Lipinski definition) is 6. The van der Waals surface area contributed by atoms with E-state index in [0.717, 1.165) is 0 Å². The van der Waals surface area contributed by atoms with Crippen molar-refractivity contribution in [3.63, 3.8) is 0 Å². The van der Waals surface area contributed by atoms with Crippen molar-refractivity contribution in [3.05, 3.63) is 58.6 Å². The fourth-order valence-corrected chi connectivity index (χ4v) is 4.66. The van der Waals surface area contributed by atoms with Crippen molar-refractivity contribution >= 4 is 40.8 Å². The molecule has 2 aromatic carbocycles. The Balaban J connectivity index is 1.64. The lowest BCUT2D eigenvalue weighted by Crippen LogP contribution is -2.53. The summed E-state index contributed by atoms with van der Waals surface area (Å²) in [6.07, 6.45) is -0.520. The number of para-hydroxylation sites is 1. The predicted octanol–water partition coefficient (Wildman–Crippen LogP) is 2.66. The van der Waals surface area contributed by atoms with Gasteiger partial charge in [0.15, 0.2) is 0 Å².